The number of aromatic nitrogens is 1. The van der Waals surface area contributed by atoms with E-state index in [-0.39, 0.29) is 0 Å². The van der Waals surface area contributed by atoms with Crippen molar-refractivity contribution in [3.8, 4) is 0 Å². The Morgan fingerprint density at radius 1 is 1.53 bits per heavy atom. The Hall–Kier alpha value is -1.36. The van der Waals surface area contributed by atoms with Crippen LogP contribution in [-0.4, -0.2) is 23.0 Å². The topological polar surface area (TPSA) is 64.1 Å². The molecule has 0 spiro atoms. The van der Waals surface area contributed by atoms with Crippen molar-refractivity contribution >= 4 is 34.6 Å². The molecular weight excluding hydrogens is 234 g/mol. The normalized spacial score (nSPS) is 19.9. The molecule has 2 heterocycles. The van der Waals surface area contributed by atoms with Gasteiger partial charge in [-0.25, -0.2) is 0 Å². The summed E-state index contributed by atoms with van der Waals surface area (Å²) < 4.78 is 5.60. The van der Waals surface area contributed by atoms with Crippen molar-refractivity contribution in [3.05, 3.63) is 18.2 Å². The molecule has 0 bridgehead atoms. The summed E-state index contributed by atoms with van der Waals surface area (Å²) in [7, 11) is 0. The third kappa shape index (κ3) is 2.34. The average Bonchev–Trinajstić information content (AvgIpc) is 2.94. The number of nitrogens with two attached hydrogens (primary N) is 1. The summed E-state index contributed by atoms with van der Waals surface area (Å²) in [6.07, 6.45) is 1.28. The Morgan fingerprint density at radius 2 is 2.47 bits per heavy atom. The molecule has 1 fully saturated rings. The Bertz CT molecular complexity index is 519. The molecule has 4 nitrogen and oxygen atoms in total. The smallest absolute Gasteiger partial charge is 0.295 e. The molecule has 1 aromatic carbocycles. The number of rotatable bonds is 3. The van der Waals surface area contributed by atoms with Crippen LogP contribution in [0.5, 0.6) is 0 Å². The number of nitrogens with one attached hydrogen (secondary N) is 1. The molecular formula is C12H15N3OS. The van der Waals surface area contributed by atoms with Crippen LogP contribution in [0.15, 0.2) is 22.6 Å². The van der Waals surface area contributed by atoms with Gasteiger partial charge in [-0.3, -0.25) is 0 Å². The molecule has 1 saturated heterocycles. The van der Waals surface area contributed by atoms with Crippen LogP contribution in [-0.2, 0) is 0 Å². The lowest BCUT2D eigenvalue weighted by Crippen LogP contribution is -2.13. The van der Waals surface area contributed by atoms with E-state index < -0.39 is 0 Å². The van der Waals surface area contributed by atoms with Gasteiger partial charge >= 0.3 is 0 Å². The van der Waals surface area contributed by atoms with Gasteiger partial charge < -0.3 is 15.5 Å². The van der Waals surface area contributed by atoms with Crippen molar-refractivity contribution in [3.63, 3.8) is 0 Å². The number of benzene rings is 1. The molecule has 17 heavy (non-hydrogen) atoms. The van der Waals surface area contributed by atoms with E-state index in [9.17, 15) is 0 Å². The van der Waals surface area contributed by atoms with Gasteiger partial charge in [-0.15, -0.1) is 0 Å². The van der Waals surface area contributed by atoms with Crippen LogP contribution in [0.1, 0.15) is 6.42 Å². The minimum absolute atomic E-state index is 0.600. The molecule has 1 aliphatic heterocycles. The fourth-order valence-corrected chi connectivity index (χ4v) is 3.28. The van der Waals surface area contributed by atoms with Crippen molar-refractivity contribution in [2.45, 2.75) is 6.42 Å². The lowest BCUT2D eigenvalue weighted by molar-refractivity contribution is 0.581. The summed E-state index contributed by atoms with van der Waals surface area (Å²) in [4.78, 5) is 4.37. The Kier molecular flexibility index (Phi) is 2.84. The van der Waals surface area contributed by atoms with Gasteiger partial charge in [-0.2, -0.15) is 16.7 Å². The van der Waals surface area contributed by atoms with E-state index in [0.717, 1.165) is 23.6 Å². The van der Waals surface area contributed by atoms with E-state index in [1.54, 1.807) is 0 Å². The van der Waals surface area contributed by atoms with Crippen LogP contribution in [0.2, 0.25) is 0 Å². The molecule has 0 radical (unpaired) electrons. The number of hydrogen-bond acceptors (Lipinski definition) is 5. The van der Waals surface area contributed by atoms with Gasteiger partial charge in [0.25, 0.3) is 6.01 Å². The fourth-order valence-electron chi connectivity index (χ4n) is 2.00. The molecule has 3 N–H and O–H groups in total. The number of oxazole rings is 1. The number of fused-ring (bicyclic) bond motifs is 1. The predicted octanol–water partition coefficient (Wildman–Crippen LogP) is 2.58. The molecule has 2 aromatic rings. The highest BCUT2D eigenvalue weighted by Gasteiger charge is 2.16. The lowest BCUT2D eigenvalue weighted by Gasteiger charge is -2.07. The van der Waals surface area contributed by atoms with Gasteiger partial charge in [-0.05, 0) is 42.0 Å². The quantitative estimate of drug-likeness (QED) is 0.818. The molecule has 5 heteroatoms. The predicted molar refractivity (Wildman–Crippen MR) is 72.3 cm³/mol. The average molecular weight is 249 g/mol. The number of nitrogens with zero attached hydrogens (tertiary/aromatic N) is 1. The molecule has 0 saturated carbocycles. The molecule has 3 rings (SSSR count). The van der Waals surface area contributed by atoms with Crippen LogP contribution >= 0.6 is 11.8 Å². The summed E-state index contributed by atoms with van der Waals surface area (Å²) in [5, 5.41) is 3.26. The molecule has 0 aliphatic carbocycles. The zero-order valence-corrected chi connectivity index (χ0v) is 10.3. The lowest BCUT2D eigenvalue weighted by atomic mass is 10.1. The summed E-state index contributed by atoms with van der Waals surface area (Å²) in [5.74, 6) is 3.25. The van der Waals surface area contributed by atoms with E-state index >= 15 is 0 Å². The van der Waals surface area contributed by atoms with Crippen LogP contribution < -0.4 is 11.1 Å². The summed E-state index contributed by atoms with van der Waals surface area (Å²) in [6.45, 7) is 0.940. The fraction of sp³-hybridized carbons (Fsp3) is 0.417. The van der Waals surface area contributed by atoms with Gasteiger partial charge in [0, 0.05) is 12.2 Å². The molecule has 1 atom stereocenters. The number of thioether (sulfide) groups is 1. The minimum atomic E-state index is 0.600. The highest BCUT2D eigenvalue weighted by molar-refractivity contribution is 7.99. The highest BCUT2D eigenvalue weighted by Crippen LogP contribution is 2.25. The maximum absolute atomic E-state index is 5.70. The Balaban J connectivity index is 1.72. The van der Waals surface area contributed by atoms with Crippen molar-refractivity contribution < 1.29 is 4.42 Å². The maximum atomic E-state index is 5.70. The van der Waals surface area contributed by atoms with Crippen LogP contribution in [0.4, 0.5) is 11.7 Å². The maximum Gasteiger partial charge on any atom is 0.295 e. The first-order chi connectivity index (χ1) is 8.31. The molecule has 1 aromatic heterocycles. The summed E-state index contributed by atoms with van der Waals surface area (Å²) in [5.41, 5.74) is 8.01. The second kappa shape index (κ2) is 4.49. The highest BCUT2D eigenvalue weighted by atomic mass is 32.2. The monoisotopic (exact) mass is 249 g/mol. The van der Waals surface area contributed by atoms with Crippen molar-refractivity contribution in [2.75, 3.05) is 29.1 Å². The SMILES string of the molecule is Nc1ccc2oc(NCC3CCSC3)nc2c1. The summed E-state index contributed by atoms with van der Waals surface area (Å²) >= 11 is 2.02. The second-order valence-electron chi connectivity index (χ2n) is 4.36. The van der Waals surface area contributed by atoms with Crippen LogP contribution in [0.3, 0.4) is 0 Å². The van der Waals surface area contributed by atoms with Crippen molar-refractivity contribution in [1.82, 2.24) is 4.98 Å². The van der Waals surface area contributed by atoms with Gasteiger partial charge in [0.2, 0.25) is 0 Å². The second-order valence-corrected chi connectivity index (χ2v) is 5.51. The zero-order valence-electron chi connectivity index (χ0n) is 9.48. The van der Waals surface area contributed by atoms with Crippen molar-refractivity contribution in [2.24, 2.45) is 5.92 Å². The zero-order chi connectivity index (χ0) is 11.7. The van der Waals surface area contributed by atoms with Gasteiger partial charge in [0.1, 0.15) is 5.52 Å². The van der Waals surface area contributed by atoms with Gasteiger partial charge in [0.05, 0.1) is 0 Å². The van der Waals surface area contributed by atoms with Gasteiger partial charge in [-0.1, -0.05) is 0 Å². The van der Waals surface area contributed by atoms with E-state index in [1.807, 2.05) is 30.0 Å². The number of nitrogen functional groups attached to an aromatic ring is 1. The summed E-state index contributed by atoms with van der Waals surface area (Å²) in [6, 6.07) is 6.11. The molecule has 90 valence electrons. The Labute approximate surface area is 104 Å². The molecule has 0 amide bonds. The largest absolute Gasteiger partial charge is 0.424 e. The molecule has 1 aliphatic rings. The van der Waals surface area contributed by atoms with Crippen LogP contribution in [0, 0.1) is 5.92 Å². The van der Waals surface area contributed by atoms with E-state index in [0.29, 0.717) is 11.7 Å². The number of anilines is 2. The van der Waals surface area contributed by atoms with E-state index in [1.165, 1.54) is 17.9 Å². The molecule has 1 unspecified atom stereocenters. The third-order valence-electron chi connectivity index (χ3n) is 2.98. The standard InChI is InChI=1S/C12H15N3OS/c13-9-1-2-11-10(5-9)15-12(16-11)14-6-8-3-4-17-7-8/h1-2,5,8H,3-4,6-7,13H2,(H,14,15). The van der Waals surface area contributed by atoms with Crippen molar-refractivity contribution in [1.29, 1.82) is 0 Å². The number of hydrogen-bond donors (Lipinski definition) is 2. The third-order valence-corrected chi connectivity index (χ3v) is 4.21. The first-order valence-electron chi connectivity index (χ1n) is 5.79. The van der Waals surface area contributed by atoms with Gasteiger partial charge in [0.15, 0.2) is 5.58 Å². The van der Waals surface area contributed by atoms with Crippen LogP contribution in [0.25, 0.3) is 11.1 Å². The van der Waals surface area contributed by atoms with E-state index in [4.69, 9.17) is 10.2 Å². The first-order valence-corrected chi connectivity index (χ1v) is 6.94. The van der Waals surface area contributed by atoms with E-state index in [2.05, 4.69) is 10.3 Å². The minimum Gasteiger partial charge on any atom is -0.424 e. The Morgan fingerprint density at radius 3 is 3.29 bits per heavy atom. The first kappa shape index (κ1) is 10.8.